The van der Waals surface area contributed by atoms with Gasteiger partial charge in [-0.25, -0.2) is 0 Å². The van der Waals surface area contributed by atoms with Gasteiger partial charge < -0.3 is 4.98 Å². The van der Waals surface area contributed by atoms with Gasteiger partial charge in [-0.05, 0) is 45.1 Å². The molecule has 0 unspecified atom stereocenters. The molecule has 0 bridgehead atoms. The normalized spacial score (nSPS) is 12.2. The highest BCUT2D eigenvalue weighted by molar-refractivity contribution is 7.17. The zero-order valence-corrected chi connectivity index (χ0v) is 13.7. The number of fused-ring (bicyclic) bond motifs is 9. The molecule has 4 aromatic carbocycles. The van der Waals surface area contributed by atoms with Crippen molar-refractivity contribution >= 4 is 64.8 Å². The number of thiophene rings is 1. The van der Waals surface area contributed by atoms with Crippen LogP contribution in [0.2, 0.25) is 0 Å². The molecule has 0 atom stereocenters. The van der Waals surface area contributed by atoms with Gasteiger partial charge in [0, 0.05) is 26.4 Å². The molecule has 0 fully saturated rings. The molecule has 1 N–H and O–H groups in total. The Labute approximate surface area is 142 Å². The first kappa shape index (κ1) is 12.6. The van der Waals surface area contributed by atoms with Crippen molar-refractivity contribution in [2.45, 2.75) is 0 Å². The molecule has 0 spiro atoms. The lowest BCUT2D eigenvalue weighted by Crippen LogP contribution is -1.80. The smallest absolute Gasteiger partial charge is 0.0551 e. The highest BCUT2D eigenvalue weighted by atomic mass is 32.1. The maximum absolute atomic E-state index is 3.70. The topological polar surface area (TPSA) is 15.8 Å². The van der Waals surface area contributed by atoms with Crippen LogP contribution in [0.5, 0.6) is 0 Å². The van der Waals surface area contributed by atoms with E-state index in [9.17, 15) is 0 Å². The van der Waals surface area contributed by atoms with Gasteiger partial charge in [0.2, 0.25) is 0 Å². The van der Waals surface area contributed by atoms with Crippen LogP contribution in [0.4, 0.5) is 0 Å². The molecule has 0 amide bonds. The van der Waals surface area contributed by atoms with Gasteiger partial charge in [-0.1, -0.05) is 48.5 Å². The average Bonchev–Trinajstić information content (AvgIpc) is 3.23. The van der Waals surface area contributed by atoms with Crippen LogP contribution < -0.4 is 0 Å². The molecular formula is C22H13NS. The molecule has 6 rings (SSSR count). The van der Waals surface area contributed by atoms with Crippen LogP contribution in [0.1, 0.15) is 0 Å². The Kier molecular flexibility index (Phi) is 2.29. The number of hydrogen-bond acceptors (Lipinski definition) is 1. The van der Waals surface area contributed by atoms with Crippen molar-refractivity contribution in [3.05, 3.63) is 72.1 Å². The van der Waals surface area contributed by atoms with E-state index < -0.39 is 0 Å². The number of benzene rings is 4. The second-order valence-corrected chi connectivity index (χ2v) is 7.27. The summed E-state index contributed by atoms with van der Waals surface area (Å²) in [6, 6.07) is 24.3. The van der Waals surface area contributed by atoms with Crippen molar-refractivity contribution in [2.24, 2.45) is 0 Å². The van der Waals surface area contributed by atoms with Gasteiger partial charge in [0.25, 0.3) is 0 Å². The summed E-state index contributed by atoms with van der Waals surface area (Å²) in [5.41, 5.74) is 2.47. The van der Waals surface area contributed by atoms with E-state index in [0.29, 0.717) is 0 Å². The first-order chi connectivity index (χ1) is 11.9. The molecule has 0 aliphatic heterocycles. The Bertz CT molecular complexity index is 1400. The molecule has 112 valence electrons. The predicted octanol–water partition coefficient (Wildman–Crippen LogP) is 6.84. The van der Waals surface area contributed by atoms with Crippen LogP contribution in [0.3, 0.4) is 0 Å². The third-order valence-electron chi connectivity index (χ3n) is 5.05. The Balaban J connectivity index is 2.01. The van der Waals surface area contributed by atoms with Crippen molar-refractivity contribution in [2.75, 3.05) is 0 Å². The van der Waals surface area contributed by atoms with Crippen LogP contribution in [-0.4, -0.2) is 4.98 Å². The maximum atomic E-state index is 3.70. The average molecular weight is 323 g/mol. The quantitative estimate of drug-likeness (QED) is 0.294. The number of hydrogen-bond donors (Lipinski definition) is 1. The van der Waals surface area contributed by atoms with Crippen molar-refractivity contribution in [3.8, 4) is 0 Å². The van der Waals surface area contributed by atoms with Crippen molar-refractivity contribution in [1.29, 1.82) is 0 Å². The fourth-order valence-electron chi connectivity index (χ4n) is 4.01. The summed E-state index contributed by atoms with van der Waals surface area (Å²) in [5, 5.41) is 11.4. The number of H-pyrrole nitrogens is 1. The lowest BCUT2D eigenvalue weighted by molar-refractivity contribution is 1.58. The van der Waals surface area contributed by atoms with Crippen LogP contribution in [-0.2, 0) is 0 Å². The molecule has 2 heteroatoms. The fourth-order valence-corrected chi connectivity index (χ4v) is 4.82. The summed E-state index contributed by atoms with van der Waals surface area (Å²) in [7, 11) is 0. The Morgan fingerprint density at radius 2 is 1.38 bits per heavy atom. The molecular weight excluding hydrogens is 310 g/mol. The number of rotatable bonds is 0. The second kappa shape index (κ2) is 4.37. The summed E-state index contributed by atoms with van der Waals surface area (Å²) < 4.78 is 1.35. The SMILES string of the molecule is c1ccc2c(c1)c1ccccc1c1c3cc4sccc4cc3[nH]c21. The zero-order valence-electron chi connectivity index (χ0n) is 12.8. The van der Waals surface area contributed by atoms with E-state index >= 15 is 0 Å². The van der Waals surface area contributed by atoms with Gasteiger partial charge in [0.15, 0.2) is 0 Å². The fraction of sp³-hybridized carbons (Fsp3) is 0. The number of nitrogens with one attached hydrogen (secondary N) is 1. The molecule has 2 heterocycles. The van der Waals surface area contributed by atoms with Gasteiger partial charge in [-0.15, -0.1) is 11.3 Å². The van der Waals surface area contributed by atoms with Crippen molar-refractivity contribution in [1.82, 2.24) is 4.98 Å². The summed E-state index contributed by atoms with van der Waals surface area (Å²) >= 11 is 1.81. The molecule has 0 radical (unpaired) electrons. The number of aromatic nitrogens is 1. The summed E-state index contributed by atoms with van der Waals surface area (Å²) in [4.78, 5) is 3.70. The highest BCUT2D eigenvalue weighted by Crippen LogP contribution is 2.40. The molecule has 0 aliphatic carbocycles. The van der Waals surface area contributed by atoms with E-state index in [1.165, 1.54) is 53.4 Å². The first-order valence-electron chi connectivity index (χ1n) is 8.12. The van der Waals surface area contributed by atoms with Gasteiger partial charge in [0.05, 0.1) is 5.52 Å². The lowest BCUT2D eigenvalue weighted by Gasteiger charge is -2.07. The summed E-state index contributed by atoms with van der Waals surface area (Å²) in [6.45, 7) is 0. The number of aromatic amines is 1. The summed E-state index contributed by atoms with van der Waals surface area (Å²) in [6.07, 6.45) is 0. The minimum Gasteiger partial charge on any atom is -0.354 e. The van der Waals surface area contributed by atoms with Gasteiger partial charge in [-0.3, -0.25) is 0 Å². The van der Waals surface area contributed by atoms with Gasteiger partial charge >= 0.3 is 0 Å². The Hall–Kier alpha value is -2.84. The molecule has 2 aromatic heterocycles. The molecule has 1 nitrogen and oxygen atoms in total. The third kappa shape index (κ3) is 1.49. The van der Waals surface area contributed by atoms with Gasteiger partial charge in [-0.2, -0.15) is 0 Å². The van der Waals surface area contributed by atoms with E-state index in [1.54, 1.807) is 0 Å². The van der Waals surface area contributed by atoms with Crippen LogP contribution in [0, 0.1) is 0 Å². The summed E-state index contributed by atoms with van der Waals surface area (Å²) in [5.74, 6) is 0. The van der Waals surface area contributed by atoms with Crippen LogP contribution >= 0.6 is 11.3 Å². The molecule has 0 saturated carbocycles. The maximum Gasteiger partial charge on any atom is 0.0551 e. The molecule has 6 aromatic rings. The van der Waals surface area contributed by atoms with Crippen LogP contribution in [0.15, 0.2) is 72.1 Å². The molecule has 24 heavy (non-hydrogen) atoms. The molecule has 0 saturated heterocycles. The first-order valence-corrected chi connectivity index (χ1v) is 9.00. The largest absolute Gasteiger partial charge is 0.354 e. The second-order valence-electron chi connectivity index (χ2n) is 6.32. The minimum absolute atomic E-state index is 1.22. The van der Waals surface area contributed by atoms with E-state index in [2.05, 4.69) is 77.1 Å². The Morgan fingerprint density at radius 1 is 0.667 bits per heavy atom. The standard InChI is InChI=1S/C22H13NS/c1-3-7-16-14(5-1)15-6-2-4-8-17(15)22-21(16)18-12-20-13(9-10-24-20)11-19(18)23-22/h1-12,23H. The minimum atomic E-state index is 1.22. The van der Waals surface area contributed by atoms with E-state index in [0.717, 1.165) is 0 Å². The molecule has 0 aliphatic rings. The van der Waals surface area contributed by atoms with Crippen LogP contribution in [0.25, 0.3) is 53.4 Å². The monoisotopic (exact) mass is 323 g/mol. The van der Waals surface area contributed by atoms with E-state index in [-0.39, 0.29) is 0 Å². The van der Waals surface area contributed by atoms with Crippen molar-refractivity contribution < 1.29 is 0 Å². The van der Waals surface area contributed by atoms with E-state index in [4.69, 9.17) is 0 Å². The lowest BCUT2D eigenvalue weighted by atomic mass is 9.97. The zero-order chi connectivity index (χ0) is 15.7. The Morgan fingerprint density at radius 3 is 2.21 bits per heavy atom. The predicted molar refractivity (Wildman–Crippen MR) is 106 cm³/mol. The van der Waals surface area contributed by atoms with E-state index in [1.807, 2.05) is 11.3 Å². The van der Waals surface area contributed by atoms with Crippen molar-refractivity contribution in [3.63, 3.8) is 0 Å². The van der Waals surface area contributed by atoms with Gasteiger partial charge in [0.1, 0.15) is 0 Å². The highest BCUT2D eigenvalue weighted by Gasteiger charge is 2.13. The third-order valence-corrected chi connectivity index (χ3v) is 5.93.